The number of hydrogen-bond acceptors (Lipinski definition) is 8. The molecule has 9 nitrogen and oxygen atoms in total. The van der Waals surface area contributed by atoms with Gasteiger partial charge in [0, 0.05) is 23.5 Å². The number of nitrogens with zero attached hydrogens (tertiary/aromatic N) is 3. The number of carbonyl (C=O) groups excluding carboxylic acids is 1. The lowest BCUT2D eigenvalue weighted by Crippen LogP contribution is -2.47. The Balaban J connectivity index is 1.52. The zero-order valence-corrected chi connectivity index (χ0v) is 20.1. The summed E-state index contributed by atoms with van der Waals surface area (Å²) in [5, 5.41) is 24.4. The summed E-state index contributed by atoms with van der Waals surface area (Å²) in [6, 6.07) is 7.38. The molecule has 0 bridgehead atoms. The van der Waals surface area contributed by atoms with E-state index in [4.69, 9.17) is 9.51 Å². The van der Waals surface area contributed by atoms with Gasteiger partial charge in [-0.1, -0.05) is 36.4 Å². The molecule has 3 heterocycles. The minimum atomic E-state index is -0.742. The Morgan fingerprint density at radius 3 is 2.74 bits per heavy atom. The number of aliphatic hydroxyl groups is 1. The van der Waals surface area contributed by atoms with Gasteiger partial charge in [-0.2, -0.15) is 4.98 Å². The van der Waals surface area contributed by atoms with Crippen molar-refractivity contribution in [3.63, 3.8) is 0 Å². The normalized spacial score (nSPS) is 22.1. The molecule has 2 aliphatic rings. The first-order valence-corrected chi connectivity index (χ1v) is 11.6. The Kier molecular flexibility index (Phi) is 5.44. The number of rotatable bonds is 6. The summed E-state index contributed by atoms with van der Waals surface area (Å²) in [7, 11) is 0. The van der Waals surface area contributed by atoms with E-state index in [9.17, 15) is 9.90 Å². The van der Waals surface area contributed by atoms with Crippen LogP contribution < -0.4 is 16.0 Å². The van der Waals surface area contributed by atoms with Gasteiger partial charge in [0.05, 0.1) is 28.4 Å². The van der Waals surface area contributed by atoms with E-state index >= 15 is 0 Å². The van der Waals surface area contributed by atoms with Crippen LogP contribution in [0.5, 0.6) is 0 Å². The molecule has 1 aliphatic heterocycles. The molecule has 2 aromatic heterocycles. The maximum atomic E-state index is 12.2. The monoisotopic (exact) mass is 472 g/mol. The standard InChI is InChI=1S/C26H28N6O3/c1-5-26(11-7-6-8-21(26)33)30-22-18(20-12-15(2)32-35-20)14-27-24(29-22)28-16-9-10-17-19(13-16)25(3,4)31-23(17)34/h6-14,21,33H,5H2,1-4H3,(H,31,34)(H2,27,28,29,30)/t21?,26-/m0/s1. The molecule has 0 spiro atoms. The highest BCUT2D eigenvalue weighted by Gasteiger charge is 2.36. The third kappa shape index (κ3) is 4.08. The van der Waals surface area contributed by atoms with Gasteiger partial charge in [0.1, 0.15) is 5.82 Å². The van der Waals surface area contributed by atoms with Gasteiger partial charge >= 0.3 is 0 Å². The fraction of sp³-hybridized carbons (Fsp3) is 0.308. The van der Waals surface area contributed by atoms with Crippen LogP contribution in [0.25, 0.3) is 11.3 Å². The van der Waals surface area contributed by atoms with Crippen LogP contribution in [0.4, 0.5) is 17.5 Å². The molecule has 0 saturated heterocycles. The molecule has 1 unspecified atom stereocenters. The molecular formula is C26H28N6O3. The second-order valence-electron chi connectivity index (χ2n) is 9.46. The molecule has 35 heavy (non-hydrogen) atoms. The van der Waals surface area contributed by atoms with Crippen LogP contribution in [0.3, 0.4) is 0 Å². The fourth-order valence-electron chi connectivity index (χ4n) is 4.51. The number of anilines is 3. The maximum Gasteiger partial charge on any atom is 0.252 e. The van der Waals surface area contributed by atoms with Crippen LogP contribution in [-0.4, -0.2) is 37.8 Å². The highest BCUT2D eigenvalue weighted by atomic mass is 16.5. The first kappa shape index (κ1) is 22.8. The van der Waals surface area contributed by atoms with Gasteiger partial charge in [-0.15, -0.1) is 0 Å². The SMILES string of the molecule is CC[C@]1(Nc2nc(Nc3ccc4c(c3)C(C)(C)NC4=O)ncc2-c2cc(C)no2)C=CC=CC1O. The highest BCUT2D eigenvalue weighted by Crippen LogP contribution is 2.35. The number of allylic oxidation sites excluding steroid dienone is 2. The van der Waals surface area contributed by atoms with Crippen LogP contribution in [0.2, 0.25) is 0 Å². The summed E-state index contributed by atoms with van der Waals surface area (Å²) in [4.78, 5) is 21.5. The molecule has 5 rings (SSSR count). The quantitative estimate of drug-likeness (QED) is 0.420. The number of aromatic nitrogens is 3. The first-order valence-electron chi connectivity index (χ1n) is 11.6. The lowest BCUT2D eigenvalue weighted by atomic mass is 9.85. The van der Waals surface area contributed by atoms with E-state index < -0.39 is 17.2 Å². The van der Waals surface area contributed by atoms with Crippen LogP contribution in [0.15, 0.2) is 59.3 Å². The molecule has 2 atom stereocenters. The van der Waals surface area contributed by atoms with Gasteiger partial charge in [0.25, 0.3) is 5.91 Å². The second-order valence-corrected chi connectivity index (χ2v) is 9.46. The molecule has 0 radical (unpaired) electrons. The zero-order chi connectivity index (χ0) is 24.8. The second kappa shape index (κ2) is 8.35. The van der Waals surface area contributed by atoms with Gasteiger partial charge in [-0.3, -0.25) is 4.79 Å². The van der Waals surface area contributed by atoms with Crippen LogP contribution in [-0.2, 0) is 5.54 Å². The van der Waals surface area contributed by atoms with Crippen molar-refractivity contribution in [2.45, 2.75) is 51.3 Å². The molecule has 1 aromatic carbocycles. The van der Waals surface area contributed by atoms with E-state index in [1.165, 1.54) is 0 Å². The summed E-state index contributed by atoms with van der Waals surface area (Å²) in [5.74, 6) is 1.30. The van der Waals surface area contributed by atoms with E-state index in [1.807, 2.05) is 64.1 Å². The minimum absolute atomic E-state index is 0.0796. The molecular weight excluding hydrogens is 444 g/mol. The van der Waals surface area contributed by atoms with Crippen LogP contribution in [0.1, 0.15) is 48.8 Å². The van der Waals surface area contributed by atoms with Crippen molar-refractivity contribution in [2.75, 3.05) is 10.6 Å². The van der Waals surface area contributed by atoms with Gasteiger partial charge in [0.2, 0.25) is 5.95 Å². The molecule has 1 amide bonds. The Bertz CT molecular complexity index is 1360. The Hall–Kier alpha value is -3.98. The van der Waals surface area contributed by atoms with E-state index in [-0.39, 0.29) is 5.91 Å². The number of carbonyl (C=O) groups is 1. The number of fused-ring (bicyclic) bond motifs is 1. The lowest BCUT2D eigenvalue weighted by molar-refractivity contribution is 0.0940. The number of hydrogen-bond donors (Lipinski definition) is 4. The van der Waals surface area contributed by atoms with Crippen molar-refractivity contribution >= 4 is 23.4 Å². The number of benzene rings is 1. The maximum absolute atomic E-state index is 12.2. The smallest absolute Gasteiger partial charge is 0.252 e. The summed E-state index contributed by atoms with van der Waals surface area (Å²) in [5.41, 5.74) is 2.49. The summed E-state index contributed by atoms with van der Waals surface area (Å²) in [6.45, 7) is 7.78. The molecule has 9 heteroatoms. The minimum Gasteiger partial charge on any atom is -0.386 e. The Morgan fingerprint density at radius 2 is 2.03 bits per heavy atom. The van der Waals surface area contributed by atoms with Crippen molar-refractivity contribution in [1.82, 2.24) is 20.4 Å². The molecule has 0 fully saturated rings. The molecule has 1 aliphatic carbocycles. The van der Waals surface area contributed by atoms with Crippen LogP contribution in [0, 0.1) is 6.92 Å². The van der Waals surface area contributed by atoms with Gasteiger partial charge in [-0.25, -0.2) is 4.98 Å². The molecule has 4 N–H and O–H groups in total. The fourth-order valence-corrected chi connectivity index (χ4v) is 4.51. The summed E-state index contributed by atoms with van der Waals surface area (Å²) < 4.78 is 5.49. The topological polar surface area (TPSA) is 125 Å². The molecule has 180 valence electrons. The number of nitrogens with one attached hydrogen (secondary N) is 3. The van der Waals surface area contributed by atoms with Crippen molar-refractivity contribution < 1.29 is 14.4 Å². The largest absolute Gasteiger partial charge is 0.386 e. The third-order valence-corrected chi connectivity index (χ3v) is 6.56. The van der Waals surface area contributed by atoms with Crippen molar-refractivity contribution in [1.29, 1.82) is 0 Å². The summed E-state index contributed by atoms with van der Waals surface area (Å²) >= 11 is 0. The average Bonchev–Trinajstić information content (AvgIpc) is 3.35. The zero-order valence-electron chi connectivity index (χ0n) is 20.1. The van der Waals surface area contributed by atoms with Crippen molar-refractivity contribution in [3.05, 3.63) is 71.6 Å². The number of aliphatic hydroxyl groups excluding tert-OH is 1. The molecule has 0 saturated carbocycles. The van der Waals surface area contributed by atoms with Crippen LogP contribution >= 0.6 is 0 Å². The van der Waals surface area contributed by atoms with Gasteiger partial charge < -0.3 is 25.6 Å². The Morgan fingerprint density at radius 1 is 1.20 bits per heavy atom. The highest BCUT2D eigenvalue weighted by molar-refractivity contribution is 6.00. The van der Waals surface area contributed by atoms with Crippen molar-refractivity contribution in [2.24, 2.45) is 0 Å². The lowest BCUT2D eigenvalue weighted by Gasteiger charge is -2.36. The average molecular weight is 473 g/mol. The molecule has 3 aromatic rings. The predicted octanol–water partition coefficient (Wildman–Crippen LogP) is 4.21. The van der Waals surface area contributed by atoms with E-state index in [0.717, 1.165) is 16.9 Å². The number of aryl methyl sites for hydroxylation is 1. The third-order valence-electron chi connectivity index (χ3n) is 6.56. The predicted molar refractivity (Wildman–Crippen MR) is 133 cm³/mol. The van der Waals surface area contributed by atoms with E-state index in [2.05, 4.69) is 26.1 Å². The van der Waals surface area contributed by atoms with Gasteiger partial charge in [-0.05, 0) is 51.0 Å². The summed E-state index contributed by atoms with van der Waals surface area (Å²) in [6.07, 6.45) is 8.96. The van der Waals surface area contributed by atoms with E-state index in [0.29, 0.717) is 35.1 Å². The number of amides is 1. The first-order chi connectivity index (χ1) is 16.7. The van der Waals surface area contributed by atoms with Crippen molar-refractivity contribution in [3.8, 4) is 11.3 Å². The van der Waals surface area contributed by atoms with E-state index in [1.54, 1.807) is 18.3 Å². The van der Waals surface area contributed by atoms with Gasteiger partial charge in [0.15, 0.2) is 5.76 Å². The Labute approximate surface area is 203 Å².